The molecule has 0 aromatic heterocycles. The lowest BCUT2D eigenvalue weighted by Crippen LogP contribution is -3.00. The maximum absolute atomic E-state index is 10.7. The van der Waals surface area contributed by atoms with E-state index in [-0.39, 0.29) is 25.5 Å². The predicted octanol–water partition coefficient (Wildman–Crippen LogP) is 3.75. The lowest BCUT2D eigenvalue weighted by atomic mass is 9.97. The van der Waals surface area contributed by atoms with Crippen molar-refractivity contribution < 1.29 is 36.7 Å². The molecule has 220 valence electrons. The van der Waals surface area contributed by atoms with Gasteiger partial charge in [-0.15, -0.1) is 0 Å². The Morgan fingerprint density at radius 3 is 1.36 bits per heavy atom. The molecular formula is C32H51ClN2O4. The summed E-state index contributed by atoms with van der Waals surface area (Å²) < 4.78 is 1.20. The summed E-state index contributed by atoms with van der Waals surface area (Å²) in [5.74, 6) is -0.884. The van der Waals surface area contributed by atoms with E-state index in [0.29, 0.717) is 18.4 Å². The molecule has 2 rings (SSSR count). The molecule has 0 aliphatic heterocycles. The van der Waals surface area contributed by atoms with E-state index in [4.69, 9.17) is 10.2 Å². The minimum absolute atomic E-state index is 0. The van der Waals surface area contributed by atoms with Crippen molar-refractivity contribution in [3.8, 4) is 0 Å². The van der Waals surface area contributed by atoms with E-state index < -0.39 is 11.9 Å². The Labute approximate surface area is 243 Å². The zero-order valence-corrected chi connectivity index (χ0v) is 25.9. The number of quaternary nitrogens is 1. The van der Waals surface area contributed by atoms with Crippen LogP contribution in [0.4, 0.5) is 0 Å². The number of carbonyl (C=O) groups is 2. The number of carboxylic acids is 2. The fourth-order valence-electron chi connectivity index (χ4n) is 4.58. The summed E-state index contributed by atoms with van der Waals surface area (Å²) in [5, 5.41) is 17.6. The highest BCUT2D eigenvalue weighted by Gasteiger charge is 2.21. The van der Waals surface area contributed by atoms with Gasteiger partial charge in [-0.05, 0) is 62.1 Å². The van der Waals surface area contributed by atoms with E-state index in [9.17, 15) is 9.59 Å². The maximum atomic E-state index is 10.7. The maximum Gasteiger partial charge on any atom is 0.317 e. The SMILES string of the molecule is CCC(C)c1ccc(CN(CC(=O)O)CC(=O)O)cc1.CCC(C)c1ccc(C[N+](CC)(CC)CC)cc1.[Cl-]. The highest BCUT2D eigenvalue weighted by Crippen LogP contribution is 2.21. The summed E-state index contributed by atoms with van der Waals surface area (Å²) in [5.41, 5.74) is 5.11. The molecule has 2 N–H and O–H groups in total. The molecule has 0 aliphatic carbocycles. The van der Waals surface area contributed by atoms with Crippen LogP contribution in [0.2, 0.25) is 0 Å². The van der Waals surface area contributed by atoms with E-state index in [1.807, 2.05) is 24.3 Å². The van der Waals surface area contributed by atoms with Crippen LogP contribution < -0.4 is 12.4 Å². The molecule has 0 aliphatic rings. The van der Waals surface area contributed by atoms with Gasteiger partial charge in [-0.3, -0.25) is 14.5 Å². The van der Waals surface area contributed by atoms with Crippen LogP contribution in [-0.4, -0.2) is 64.3 Å². The molecule has 2 atom stereocenters. The van der Waals surface area contributed by atoms with Gasteiger partial charge in [0.05, 0.1) is 32.7 Å². The van der Waals surface area contributed by atoms with Crippen molar-refractivity contribution in [2.75, 3.05) is 32.7 Å². The number of nitrogens with zero attached hydrogens (tertiary/aromatic N) is 2. The number of benzene rings is 2. The van der Waals surface area contributed by atoms with Gasteiger partial charge in [0, 0.05) is 12.1 Å². The molecule has 0 saturated heterocycles. The molecule has 0 heterocycles. The summed E-state index contributed by atoms with van der Waals surface area (Å²) in [6, 6.07) is 17.2. The fraction of sp³-hybridized carbons (Fsp3) is 0.562. The molecule has 6 nitrogen and oxygen atoms in total. The van der Waals surface area contributed by atoms with Gasteiger partial charge in [0.2, 0.25) is 0 Å². The van der Waals surface area contributed by atoms with Crippen molar-refractivity contribution in [1.29, 1.82) is 0 Å². The highest BCUT2D eigenvalue weighted by atomic mass is 35.5. The molecule has 0 amide bonds. The molecule has 7 heteroatoms. The standard InChI is InChI=1S/C17H30N.C15H21NO4.ClH/c1-6-15(5)17-12-10-16(11-13-17)14-18(7-2,8-3)9-4;1-3-11(2)13-6-4-12(5-7-13)8-16(9-14(17)18)10-15(19)20;/h10-13,15H,6-9,14H2,1-5H3;4-7,11H,3,8-10H2,1-2H3,(H,17,18)(H,19,20);1H/q+1;;/p-1. The zero-order chi connectivity index (χ0) is 28.7. The number of halogens is 1. The van der Waals surface area contributed by atoms with Crippen LogP contribution >= 0.6 is 0 Å². The monoisotopic (exact) mass is 562 g/mol. The first-order valence-electron chi connectivity index (χ1n) is 14.2. The molecular weight excluding hydrogens is 512 g/mol. The third-order valence-corrected chi connectivity index (χ3v) is 7.98. The van der Waals surface area contributed by atoms with Crippen molar-refractivity contribution in [3.05, 3.63) is 70.8 Å². The first kappa shape index (κ1) is 36.6. The van der Waals surface area contributed by atoms with Crippen molar-refractivity contribution >= 4 is 11.9 Å². The normalized spacial score (nSPS) is 12.6. The molecule has 0 bridgehead atoms. The molecule has 0 radical (unpaired) electrons. The van der Waals surface area contributed by atoms with Gasteiger partial charge in [0.15, 0.2) is 0 Å². The quantitative estimate of drug-likeness (QED) is 0.323. The Hall–Kier alpha value is -2.41. The van der Waals surface area contributed by atoms with Crippen LogP contribution in [0, 0.1) is 0 Å². The van der Waals surface area contributed by atoms with Crippen molar-refractivity contribution in [2.24, 2.45) is 0 Å². The molecule has 0 fully saturated rings. The van der Waals surface area contributed by atoms with Crippen LogP contribution in [0.1, 0.15) is 95.4 Å². The van der Waals surface area contributed by atoms with Crippen LogP contribution in [0.5, 0.6) is 0 Å². The highest BCUT2D eigenvalue weighted by molar-refractivity contribution is 5.72. The zero-order valence-electron chi connectivity index (χ0n) is 25.1. The first-order chi connectivity index (χ1) is 18.0. The van der Waals surface area contributed by atoms with Gasteiger partial charge in [0.1, 0.15) is 6.54 Å². The number of hydrogen-bond acceptors (Lipinski definition) is 3. The second kappa shape index (κ2) is 18.8. The minimum Gasteiger partial charge on any atom is -1.00 e. The van der Waals surface area contributed by atoms with Gasteiger partial charge < -0.3 is 27.1 Å². The second-order valence-electron chi connectivity index (χ2n) is 10.5. The van der Waals surface area contributed by atoms with Crippen LogP contribution in [0.25, 0.3) is 0 Å². The number of aliphatic carboxylic acids is 2. The predicted molar refractivity (Wildman–Crippen MR) is 156 cm³/mol. The van der Waals surface area contributed by atoms with E-state index in [1.165, 1.54) is 58.7 Å². The van der Waals surface area contributed by atoms with Gasteiger partial charge in [-0.2, -0.15) is 0 Å². The van der Waals surface area contributed by atoms with Crippen molar-refractivity contribution in [2.45, 2.75) is 86.2 Å². The molecule has 2 aromatic carbocycles. The average Bonchev–Trinajstić information content (AvgIpc) is 2.91. The molecule has 0 saturated carbocycles. The Balaban J connectivity index is 0.000000726. The second-order valence-corrected chi connectivity index (χ2v) is 10.5. The Morgan fingerprint density at radius 1 is 0.692 bits per heavy atom. The molecule has 39 heavy (non-hydrogen) atoms. The van der Waals surface area contributed by atoms with Gasteiger partial charge >= 0.3 is 11.9 Å². The van der Waals surface area contributed by atoms with E-state index in [1.54, 1.807) is 0 Å². The molecule has 0 spiro atoms. The summed E-state index contributed by atoms with van der Waals surface area (Å²) in [7, 11) is 0. The first-order valence-corrected chi connectivity index (χ1v) is 14.2. The van der Waals surface area contributed by atoms with Gasteiger partial charge in [-0.25, -0.2) is 0 Å². The fourth-order valence-corrected chi connectivity index (χ4v) is 4.58. The number of carboxylic acid groups (broad SMARTS) is 2. The smallest absolute Gasteiger partial charge is 0.317 e. The lowest BCUT2D eigenvalue weighted by Gasteiger charge is -2.36. The Kier molecular flexibility index (Phi) is 17.6. The lowest BCUT2D eigenvalue weighted by molar-refractivity contribution is -0.936. The Bertz CT molecular complexity index is 935. The molecule has 2 unspecified atom stereocenters. The third kappa shape index (κ3) is 13.0. The molecule has 2 aromatic rings. The van der Waals surface area contributed by atoms with Gasteiger partial charge in [0.25, 0.3) is 0 Å². The minimum atomic E-state index is -1.03. The van der Waals surface area contributed by atoms with E-state index >= 15 is 0 Å². The van der Waals surface area contributed by atoms with E-state index in [0.717, 1.165) is 12.0 Å². The number of rotatable bonds is 15. The third-order valence-electron chi connectivity index (χ3n) is 7.98. The van der Waals surface area contributed by atoms with Gasteiger partial charge in [-0.1, -0.05) is 76.2 Å². The average molecular weight is 563 g/mol. The van der Waals surface area contributed by atoms with Crippen LogP contribution in [0.3, 0.4) is 0 Å². The summed E-state index contributed by atoms with van der Waals surface area (Å²) in [4.78, 5) is 22.8. The summed E-state index contributed by atoms with van der Waals surface area (Å²) in [6.07, 6.45) is 2.28. The largest absolute Gasteiger partial charge is 1.00 e. The number of hydrogen-bond donors (Lipinski definition) is 2. The van der Waals surface area contributed by atoms with Crippen LogP contribution in [-0.2, 0) is 22.7 Å². The summed E-state index contributed by atoms with van der Waals surface area (Å²) >= 11 is 0. The summed E-state index contributed by atoms with van der Waals surface area (Å²) in [6.45, 7) is 20.4. The van der Waals surface area contributed by atoms with E-state index in [2.05, 4.69) is 72.7 Å². The van der Waals surface area contributed by atoms with Crippen LogP contribution in [0.15, 0.2) is 48.5 Å². The van der Waals surface area contributed by atoms with Crippen molar-refractivity contribution in [1.82, 2.24) is 4.90 Å². The topological polar surface area (TPSA) is 77.8 Å². The van der Waals surface area contributed by atoms with Crippen molar-refractivity contribution in [3.63, 3.8) is 0 Å². The Morgan fingerprint density at radius 2 is 1.05 bits per heavy atom.